The minimum atomic E-state index is -0.594. The highest BCUT2D eigenvalue weighted by molar-refractivity contribution is 5.88. The molecule has 1 unspecified atom stereocenters. The van der Waals surface area contributed by atoms with Crippen LogP contribution in [0.3, 0.4) is 0 Å². The SMILES string of the molecule is CCC(=O)N[C@@H](C(=O)N1CCN(C)CC1)C(C)c1ccc(C#N)cc1. The van der Waals surface area contributed by atoms with Gasteiger partial charge in [0.15, 0.2) is 0 Å². The molecule has 1 aromatic carbocycles. The third-order valence-corrected chi connectivity index (χ3v) is 4.78. The predicted octanol–water partition coefficient (Wildman–Crippen LogP) is 1.33. The number of benzene rings is 1. The molecule has 0 spiro atoms. The van der Waals surface area contributed by atoms with E-state index in [1.54, 1.807) is 19.1 Å². The number of piperazine rings is 1. The molecule has 6 heteroatoms. The largest absolute Gasteiger partial charge is 0.344 e. The Bertz CT molecular complexity index is 642. The fourth-order valence-corrected chi connectivity index (χ4v) is 2.95. The summed E-state index contributed by atoms with van der Waals surface area (Å²) in [5.74, 6) is -0.338. The standard InChI is InChI=1S/C19H26N4O2/c1-4-17(24)21-18(19(25)23-11-9-22(3)10-12-23)14(2)16-7-5-15(13-20)6-8-16/h5-8,14,18H,4,9-12H2,1-3H3,(H,21,24)/t14?,18-/m1/s1. The van der Waals surface area contributed by atoms with Crippen LogP contribution >= 0.6 is 0 Å². The van der Waals surface area contributed by atoms with E-state index in [1.165, 1.54) is 0 Å². The lowest BCUT2D eigenvalue weighted by atomic mass is 9.91. The van der Waals surface area contributed by atoms with Crippen molar-refractivity contribution in [2.24, 2.45) is 0 Å². The molecule has 1 saturated heterocycles. The highest BCUT2D eigenvalue weighted by Gasteiger charge is 2.32. The third kappa shape index (κ3) is 4.80. The van der Waals surface area contributed by atoms with Gasteiger partial charge in [-0.25, -0.2) is 0 Å². The second kappa shape index (κ2) is 8.63. The third-order valence-electron chi connectivity index (χ3n) is 4.78. The van der Waals surface area contributed by atoms with Crippen LogP contribution in [0.15, 0.2) is 24.3 Å². The zero-order valence-corrected chi connectivity index (χ0v) is 15.2. The maximum Gasteiger partial charge on any atom is 0.245 e. The van der Waals surface area contributed by atoms with Crippen molar-refractivity contribution in [1.29, 1.82) is 5.26 Å². The lowest BCUT2D eigenvalue weighted by Gasteiger charge is -2.36. The van der Waals surface area contributed by atoms with Crippen molar-refractivity contribution in [3.8, 4) is 6.07 Å². The van der Waals surface area contributed by atoms with Crippen LogP contribution in [0.25, 0.3) is 0 Å². The maximum absolute atomic E-state index is 13.0. The normalized spacial score (nSPS) is 17.4. The van der Waals surface area contributed by atoms with E-state index in [-0.39, 0.29) is 17.7 Å². The Balaban J connectivity index is 2.20. The summed E-state index contributed by atoms with van der Waals surface area (Å²) in [5.41, 5.74) is 1.51. The van der Waals surface area contributed by atoms with E-state index in [4.69, 9.17) is 5.26 Å². The lowest BCUT2D eigenvalue weighted by Crippen LogP contribution is -2.55. The predicted molar refractivity (Wildman–Crippen MR) is 95.9 cm³/mol. The summed E-state index contributed by atoms with van der Waals surface area (Å²) >= 11 is 0. The maximum atomic E-state index is 13.0. The van der Waals surface area contributed by atoms with Crippen LogP contribution in [0.5, 0.6) is 0 Å². The van der Waals surface area contributed by atoms with Crippen LogP contribution in [0.2, 0.25) is 0 Å². The minimum absolute atomic E-state index is 0.0354. The van der Waals surface area contributed by atoms with Gasteiger partial charge in [0.25, 0.3) is 0 Å². The molecule has 1 N–H and O–H groups in total. The molecule has 1 aromatic rings. The lowest BCUT2D eigenvalue weighted by molar-refractivity contribution is -0.138. The van der Waals surface area contributed by atoms with E-state index < -0.39 is 6.04 Å². The molecule has 25 heavy (non-hydrogen) atoms. The Hall–Kier alpha value is -2.39. The molecule has 0 radical (unpaired) electrons. The monoisotopic (exact) mass is 342 g/mol. The first-order chi connectivity index (χ1) is 12.0. The van der Waals surface area contributed by atoms with Gasteiger partial charge >= 0.3 is 0 Å². The molecule has 2 atom stereocenters. The highest BCUT2D eigenvalue weighted by atomic mass is 16.2. The van der Waals surface area contributed by atoms with Gasteiger partial charge in [0.1, 0.15) is 6.04 Å². The van der Waals surface area contributed by atoms with Gasteiger partial charge in [0, 0.05) is 38.5 Å². The minimum Gasteiger partial charge on any atom is -0.344 e. The van der Waals surface area contributed by atoms with Crippen molar-refractivity contribution < 1.29 is 9.59 Å². The Morgan fingerprint density at radius 2 is 1.80 bits per heavy atom. The second-order valence-corrected chi connectivity index (χ2v) is 6.55. The molecule has 2 amide bonds. The number of nitrogens with one attached hydrogen (secondary N) is 1. The number of nitrogens with zero attached hydrogens (tertiary/aromatic N) is 3. The van der Waals surface area contributed by atoms with Crippen molar-refractivity contribution in [2.45, 2.75) is 32.2 Å². The van der Waals surface area contributed by atoms with Gasteiger partial charge in [-0.3, -0.25) is 9.59 Å². The van der Waals surface area contributed by atoms with E-state index in [0.717, 1.165) is 18.7 Å². The van der Waals surface area contributed by atoms with E-state index in [0.29, 0.717) is 25.1 Å². The van der Waals surface area contributed by atoms with Crippen molar-refractivity contribution in [2.75, 3.05) is 33.2 Å². The first-order valence-electron chi connectivity index (χ1n) is 8.73. The van der Waals surface area contributed by atoms with Crippen LogP contribution in [-0.4, -0.2) is 60.9 Å². The summed E-state index contributed by atoms with van der Waals surface area (Å²) in [5, 5.41) is 11.8. The van der Waals surface area contributed by atoms with E-state index in [1.807, 2.05) is 31.0 Å². The Morgan fingerprint density at radius 3 is 2.32 bits per heavy atom. The van der Waals surface area contributed by atoms with Crippen LogP contribution in [-0.2, 0) is 9.59 Å². The quantitative estimate of drug-likeness (QED) is 0.876. The van der Waals surface area contributed by atoms with Gasteiger partial charge in [0.05, 0.1) is 11.6 Å². The molecular weight excluding hydrogens is 316 g/mol. The van der Waals surface area contributed by atoms with E-state index in [9.17, 15) is 9.59 Å². The van der Waals surface area contributed by atoms with E-state index in [2.05, 4.69) is 16.3 Å². The topological polar surface area (TPSA) is 76.4 Å². The van der Waals surface area contributed by atoms with Crippen molar-refractivity contribution in [1.82, 2.24) is 15.1 Å². The fourth-order valence-electron chi connectivity index (χ4n) is 2.95. The first kappa shape index (κ1) is 18.9. The number of rotatable bonds is 5. The van der Waals surface area contributed by atoms with Crippen LogP contribution in [0, 0.1) is 11.3 Å². The molecule has 0 aliphatic carbocycles. The molecule has 0 saturated carbocycles. The molecule has 1 aliphatic rings. The molecule has 0 aromatic heterocycles. The molecular formula is C19H26N4O2. The van der Waals surface area contributed by atoms with Crippen LogP contribution in [0.1, 0.15) is 37.3 Å². The Labute approximate surface area is 149 Å². The molecule has 6 nitrogen and oxygen atoms in total. The Kier molecular flexibility index (Phi) is 6.54. The second-order valence-electron chi connectivity index (χ2n) is 6.55. The van der Waals surface area contributed by atoms with Gasteiger partial charge < -0.3 is 15.1 Å². The number of amides is 2. The zero-order valence-electron chi connectivity index (χ0n) is 15.2. The Morgan fingerprint density at radius 1 is 1.20 bits per heavy atom. The number of likely N-dealkylation sites (N-methyl/N-ethyl adjacent to an activating group) is 1. The summed E-state index contributed by atoms with van der Waals surface area (Å²) in [6.45, 7) is 6.74. The molecule has 134 valence electrons. The number of carbonyl (C=O) groups excluding carboxylic acids is 2. The van der Waals surface area contributed by atoms with Gasteiger partial charge in [-0.05, 0) is 24.7 Å². The molecule has 1 heterocycles. The molecule has 0 bridgehead atoms. The molecule has 2 rings (SSSR count). The average Bonchev–Trinajstić information content (AvgIpc) is 2.65. The molecule has 1 aliphatic heterocycles. The summed E-state index contributed by atoms with van der Waals surface area (Å²) in [4.78, 5) is 29.0. The van der Waals surface area contributed by atoms with Gasteiger partial charge in [0.2, 0.25) is 11.8 Å². The zero-order chi connectivity index (χ0) is 18.4. The summed E-state index contributed by atoms with van der Waals surface area (Å²) in [6.07, 6.45) is 0.340. The van der Waals surface area contributed by atoms with Crippen molar-refractivity contribution in [3.05, 3.63) is 35.4 Å². The summed E-state index contributed by atoms with van der Waals surface area (Å²) < 4.78 is 0. The van der Waals surface area contributed by atoms with Gasteiger partial charge in [-0.1, -0.05) is 26.0 Å². The number of carbonyl (C=O) groups is 2. The van der Waals surface area contributed by atoms with Crippen molar-refractivity contribution >= 4 is 11.8 Å². The number of hydrogen-bond acceptors (Lipinski definition) is 4. The average molecular weight is 342 g/mol. The first-order valence-corrected chi connectivity index (χ1v) is 8.73. The van der Waals surface area contributed by atoms with Crippen molar-refractivity contribution in [3.63, 3.8) is 0 Å². The van der Waals surface area contributed by atoms with E-state index >= 15 is 0 Å². The summed E-state index contributed by atoms with van der Waals surface area (Å²) in [7, 11) is 2.04. The summed E-state index contributed by atoms with van der Waals surface area (Å²) in [6, 6.07) is 8.69. The van der Waals surface area contributed by atoms with Gasteiger partial charge in [-0.2, -0.15) is 5.26 Å². The smallest absolute Gasteiger partial charge is 0.245 e. The van der Waals surface area contributed by atoms with Crippen LogP contribution in [0.4, 0.5) is 0 Å². The number of hydrogen-bond donors (Lipinski definition) is 1. The van der Waals surface area contributed by atoms with Crippen LogP contribution < -0.4 is 5.32 Å². The number of nitriles is 1. The highest BCUT2D eigenvalue weighted by Crippen LogP contribution is 2.22. The van der Waals surface area contributed by atoms with Gasteiger partial charge in [-0.15, -0.1) is 0 Å². The molecule has 1 fully saturated rings. The fraction of sp³-hybridized carbons (Fsp3) is 0.526.